The monoisotopic (exact) mass is 288 g/mol. The molecule has 1 fully saturated rings. The first-order valence-corrected chi connectivity index (χ1v) is 6.20. The zero-order valence-corrected chi connectivity index (χ0v) is 10.7. The van der Waals surface area contributed by atoms with E-state index in [0.29, 0.717) is 19.6 Å². The molecule has 1 aromatic rings. The van der Waals surface area contributed by atoms with Crippen LogP contribution in [0.3, 0.4) is 0 Å². The van der Waals surface area contributed by atoms with Crippen molar-refractivity contribution in [3.63, 3.8) is 0 Å². The van der Waals surface area contributed by atoms with Crippen LogP contribution in [0.25, 0.3) is 0 Å². The van der Waals surface area contributed by atoms with Crippen LogP contribution < -0.4 is 10.1 Å². The lowest BCUT2D eigenvalue weighted by Gasteiger charge is -2.26. The van der Waals surface area contributed by atoms with Crippen LogP contribution in [-0.4, -0.2) is 43.2 Å². The van der Waals surface area contributed by atoms with Gasteiger partial charge in [-0.15, -0.1) is 0 Å². The van der Waals surface area contributed by atoms with Crippen LogP contribution >= 0.6 is 0 Å². The molecular formula is C13H15F3N2O2. The number of alkyl halides is 3. The summed E-state index contributed by atoms with van der Waals surface area (Å²) < 4.78 is 40.9. The van der Waals surface area contributed by atoms with Crippen LogP contribution in [0.4, 0.5) is 13.2 Å². The van der Waals surface area contributed by atoms with Gasteiger partial charge in [-0.1, -0.05) is 12.1 Å². The van der Waals surface area contributed by atoms with E-state index >= 15 is 0 Å². The lowest BCUT2D eigenvalue weighted by Crippen LogP contribution is -2.47. The van der Waals surface area contributed by atoms with E-state index < -0.39 is 12.8 Å². The van der Waals surface area contributed by atoms with Crippen molar-refractivity contribution in [1.82, 2.24) is 10.2 Å². The molecule has 1 aliphatic heterocycles. The van der Waals surface area contributed by atoms with E-state index in [1.165, 1.54) is 6.07 Å². The maximum atomic E-state index is 12.1. The van der Waals surface area contributed by atoms with Gasteiger partial charge in [-0.2, -0.15) is 13.2 Å². The fourth-order valence-electron chi connectivity index (χ4n) is 1.98. The van der Waals surface area contributed by atoms with Crippen LogP contribution in [0.5, 0.6) is 5.75 Å². The molecule has 7 heteroatoms. The average molecular weight is 288 g/mol. The molecule has 1 saturated heterocycles. The van der Waals surface area contributed by atoms with E-state index in [1.54, 1.807) is 18.2 Å². The summed E-state index contributed by atoms with van der Waals surface area (Å²) in [7, 11) is 0. The number of hydrogen-bond acceptors (Lipinski definition) is 3. The Kier molecular flexibility index (Phi) is 4.49. The minimum Gasteiger partial charge on any atom is -0.484 e. The van der Waals surface area contributed by atoms with E-state index in [9.17, 15) is 18.0 Å². The Hall–Kier alpha value is -1.76. The van der Waals surface area contributed by atoms with Crippen LogP contribution in [0, 0.1) is 0 Å². The van der Waals surface area contributed by atoms with Crippen molar-refractivity contribution in [2.75, 3.05) is 26.2 Å². The fraction of sp³-hybridized carbons (Fsp3) is 0.462. The summed E-state index contributed by atoms with van der Waals surface area (Å²) in [4.78, 5) is 13.2. The lowest BCUT2D eigenvalue weighted by molar-refractivity contribution is -0.153. The molecule has 1 amide bonds. The molecule has 0 bridgehead atoms. The molecule has 0 spiro atoms. The van der Waals surface area contributed by atoms with Crippen molar-refractivity contribution >= 4 is 5.91 Å². The zero-order chi connectivity index (χ0) is 14.6. The summed E-state index contributed by atoms with van der Waals surface area (Å²) in [5.41, 5.74) is 0.819. The minimum absolute atomic E-state index is 0.0410. The Morgan fingerprint density at radius 3 is 2.85 bits per heavy atom. The Morgan fingerprint density at radius 2 is 2.15 bits per heavy atom. The number of rotatable bonds is 4. The van der Waals surface area contributed by atoms with Gasteiger partial charge in [-0.25, -0.2) is 0 Å². The fourth-order valence-corrected chi connectivity index (χ4v) is 1.98. The molecule has 1 heterocycles. The number of nitrogens with one attached hydrogen (secondary N) is 1. The predicted molar refractivity (Wildman–Crippen MR) is 66.3 cm³/mol. The molecule has 1 N–H and O–H groups in total. The number of carbonyl (C=O) groups excluding carboxylic acids is 1. The Bertz CT molecular complexity index is 477. The third kappa shape index (κ3) is 4.73. The average Bonchev–Trinajstić information content (AvgIpc) is 2.36. The molecule has 0 unspecified atom stereocenters. The van der Waals surface area contributed by atoms with Crippen LogP contribution in [0.1, 0.15) is 5.56 Å². The number of piperazine rings is 1. The van der Waals surface area contributed by atoms with E-state index in [4.69, 9.17) is 4.74 Å². The molecule has 1 aromatic carbocycles. The summed E-state index contributed by atoms with van der Waals surface area (Å²) in [6.45, 7) is 0.815. The Morgan fingerprint density at radius 1 is 1.35 bits per heavy atom. The lowest BCUT2D eigenvalue weighted by atomic mass is 10.2. The summed E-state index contributed by atoms with van der Waals surface area (Å²) in [5, 5.41) is 2.72. The molecule has 0 aromatic heterocycles. The number of halogens is 3. The summed E-state index contributed by atoms with van der Waals surface area (Å²) in [5.74, 6) is 0.141. The van der Waals surface area contributed by atoms with Gasteiger partial charge >= 0.3 is 6.18 Å². The smallest absolute Gasteiger partial charge is 0.422 e. The quantitative estimate of drug-likeness (QED) is 0.914. The zero-order valence-electron chi connectivity index (χ0n) is 10.7. The van der Waals surface area contributed by atoms with Gasteiger partial charge in [0.25, 0.3) is 0 Å². The Balaban J connectivity index is 1.93. The number of carbonyl (C=O) groups is 1. The van der Waals surface area contributed by atoms with E-state index in [-0.39, 0.29) is 11.7 Å². The maximum absolute atomic E-state index is 12.1. The Labute approximate surface area is 114 Å². The van der Waals surface area contributed by atoms with Gasteiger partial charge in [0, 0.05) is 19.6 Å². The molecule has 0 aliphatic carbocycles. The largest absolute Gasteiger partial charge is 0.484 e. The first kappa shape index (κ1) is 14.6. The van der Waals surface area contributed by atoms with E-state index in [1.807, 2.05) is 4.90 Å². The molecule has 4 nitrogen and oxygen atoms in total. The highest BCUT2D eigenvalue weighted by Crippen LogP contribution is 2.20. The number of amides is 1. The molecule has 1 aliphatic rings. The van der Waals surface area contributed by atoms with Crippen molar-refractivity contribution in [2.45, 2.75) is 12.7 Å². The second kappa shape index (κ2) is 6.13. The molecule has 110 valence electrons. The van der Waals surface area contributed by atoms with Crippen LogP contribution in [0.2, 0.25) is 0 Å². The van der Waals surface area contributed by atoms with Gasteiger partial charge in [-0.05, 0) is 17.7 Å². The number of benzene rings is 1. The second-order valence-electron chi connectivity index (χ2n) is 4.61. The van der Waals surface area contributed by atoms with Crippen molar-refractivity contribution in [3.05, 3.63) is 29.8 Å². The highest BCUT2D eigenvalue weighted by Gasteiger charge is 2.28. The van der Waals surface area contributed by atoms with Crippen molar-refractivity contribution in [3.8, 4) is 5.75 Å². The van der Waals surface area contributed by atoms with Gasteiger partial charge in [-0.3, -0.25) is 9.69 Å². The highest BCUT2D eigenvalue weighted by atomic mass is 19.4. The summed E-state index contributed by atoms with van der Waals surface area (Å²) in [6.07, 6.45) is -4.35. The van der Waals surface area contributed by atoms with Crippen LogP contribution in [-0.2, 0) is 11.3 Å². The number of nitrogens with zero attached hydrogens (tertiary/aromatic N) is 1. The summed E-state index contributed by atoms with van der Waals surface area (Å²) >= 11 is 0. The molecule has 2 rings (SSSR count). The van der Waals surface area contributed by atoms with Gasteiger partial charge in [0.2, 0.25) is 5.91 Å². The third-order valence-corrected chi connectivity index (χ3v) is 2.82. The molecule has 0 atom stereocenters. The second-order valence-corrected chi connectivity index (χ2v) is 4.61. The SMILES string of the molecule is O=C1CN(Cc2cccc(OCC(F)(F)F)c2)CCN1. The van der Waals surface area contributed by atoms with E-state index in [0.717, 1.165) is 12.1 Å². The topological polar surface area (TPSA) is 41.6 Å². The van der Waals surface area contributed by atoms with Gasteiger partial charge < -0.3 is 10.1 Å². The first-order chi connectivity index (χ1) is 9.42. The maximum Gasteiger partial charge on any atom is 0.422 e. The molecule has 0 radical (unpaired) electrons. The number of hydrogen-bond donors (Lipinski definition) is 1. The van der Waals surface area contributed by atoms with Gasteiger partial charge in [0.1, 0.15) is 5.75 Å². The number of ether oxygens (including phenoxy) is 1. The standard InChI is InChI=1S/C13H15F3N2O2/c14-13(15,16)9-20-11-3-1-2-10(6-11)7-18-5-4-17-12(19)8-18/h1-3,6H,4-5,7-9H2,(H,17,19). The van der Waals surface area contributed by atoms with Crippen molar-refractivity contribution in [1.29, 1.82) is 0 Å². The molecule has 0 saturated carbocycles. The van der Waals surface area contributed by atoms with E-state index in [2.05, 4.69) is 5.32 Å². The van der Waals surface area contributed by atoms with Crippen molar-refractivity contribution < 1.29 is 22.7 Å². The third-order valence-electron chi connectivity index (χ3n) is 2.82. The molecule has 20 heavy (non-hydrogen) atoms. The van der Waals surface area contributed by atoms with Gasteiger partial charge in [0.05, 0.1) is 6.54 Å². The normalized spacial score (nSPS) is 16.9. The van der Waals surface area contributed by atoms with Crippen molar-refractivity contribution in [2.24, 2.45) is 0 Å². The van der Waals surface area contributed by atoms with Crippen LogP contribution in [0.15, 0.2) is 24.3 Å². The predicted octanol–water partition coefficient (Wildman–Crippen LogP) is 1.56. The minimum atomic E-state index is -4.35. The first-order valence-electron chi connectivity index (χ1n) is 6.20. The summed E-state index contributed by atoms with van der Waals surface area (Å²) in [6, 6.07) is 6.49. The molecular weight excluding hydrogens is 273 g/mol. The van der Waals surface area contributed by atoms with Gasteiger partial charge in [0.15, 0.2) is 6.61 Å². The highest BCUT2D eigenvalue weighted by molar-refractivity contribution is 5.78.